The fourth-order valence-corrected chi connectivity index (χ4v) is 1.81. The number of hydrogen-bond acceptors (Lipinski definition) is 2. The number of thiocarbonyl (C=S) groups is 1. The number of halogens is 1. The molecule has 0 spiro atoms. The molecule has 4 heteroatoms. The second-order valence-corrected chi connectivity index (χ2v) is 3.99. The average Bonchev–Trinajstić information content (AvgIpc) is 2.08. The van der Waals surface area contributed by atoms with Crippen molar-refractivity contribution in [3.05, 3.63) is 23.3 Å². The SMILES string of the molecule is O=C(O)C1=CC(CCBr)=CCC1=S. The molecule has 0 saturated carbocycles. The molecule has 0 fully saturated rings. The van der Waals surface area contributed by atoms with Crippen LogP contribution in [0.4, 0.5) is 0 Å². The van der Waals surface area contributed by atoms with Crippen LogP contribution in [0.25, 0.3) is 0 Å². The maximum atomic E-state index is 10.7. The van der Waals surface area contributed by atoms with Crippen molar-refractivity contribution < 1.29 is 9.90 Å². The first-order valence-electron chi connectivity index (χ1n) is 3.88. The first-order valence-corrected chi connectivity index (χ1v) is 5.41. The molecule has 0 radical (unpaired) electrons. The minimum absolute atomic E-state index is 0.272. The highest BCUT2D eigenvalue weighted by atomic mass is 79.9. The van der Waals surface area contributed by atoms with E-state index in [0.717, 1.165) is 17.3 Å². The first kappa shape index (κ1) is 10.6. The number of alkyl halides is 1. The standard InChI is InChI=1S/C9H9BrO2S/c10-4-3-6-1-2-8(13)7(5-6)9(11)12/h1,5H,2-4H2,(H,11,12). The van der Waals surface area contributed by atoms with Crippen molar-refractivity contribution in [2.45, 2.75) is 12.8 Å². The summed E-state index contributed by atoms with van der Waals surface area (Å²) >= 11 is 8.24. The van der Waals surface area contributed by atoms with Crippen LogP contribution in [0.15, 0.2) is 23.3 Å². The second-order valence-electron chi connectivity index (χ2n) is 2.71. The topological polar surface area (TPSA) is 37.3 Å². The number of carboxylic acids is 1. The maximum absolute atomic E-state index is 10.7. The quantitative estimate of drug-likeness (QED) is 0.626. The Morgan fingerprint density at radius 2 is 2.38 bits per heavy atom. The van der Waals surface area contributed by atoms with E-state index in [2.05, 4.69) is 15.9 Å². The molecule has 1 N–H and O–H groups in total. The predicted molar refractivity (Wildman–Crippen MR) is 59.4 cm³/mol. The van der Waals surface area contributed by atoms with Gasteiger partial charge < -0.3 is 5.11 Å². The van der Waals surface area contributed by atoms with Gasteiger partial charge in [-0.25, -0.2) is 4.79 Å². The highest BCUT2D eigenvalue weighted by Crippen LogP contribution is 2.18. The van der Waals surface area contributed by atoms with Gasteiger partial charge >= 0.3 is 5.97 Å². The van der Waals surface area contributed by atoms with Gasteiger partial charge in [0.25, 0.3) is 0 Å². The smallest absolute Gasteiger partial charge is 0.336 e. The number of carboxylic acid groups (broad SMARTS) is 1. The summed E-state index contributed by atoms with van der Waals surface area (Å²) in [7, 11) is 0. The minimum atomic E-state index is -0.926. The number of aliphatic carboxylic acids is 1. The first-order chi connectivity index (χ1) is 6.15. The minimum Gasteiger partial charge on any atom is -0.478 e. The molecule has 0 atom stereocenters. The number of rotatable bonds is 3. The van der Waals surface area contributed by atoms with Crippen molar-refractivity contribution in [3.8, 4) is 0 Å². The highest BCUT2D eigenvalue weighted by molar-refractivity contribution is 9.09. The summed E-state index contributed by atoms with van der Waals surface area (Å²) in [6.07, 6.45) is 5.07. The number of hydrogen-bond donors (Lipinski definition) is 1. The third kappa shape index (κ3) is 2.74. The Kier molecular flexibility index (Phi) is 3.81. The van der Waals surface area contributed by atoms with E-state index in [-0.39, 0.29) is 5.57 Å². The molecule has 0 saturated heterocycles. The van der Waals surface area contributed by atoms with Crippen LogP contribution in [0.5, 0.6) is 0 Å². The van der Waals surface area contributed by atoms with Crippen molar-refractivity contribution in [2.24, 2.45) is 0 Å². The van der Waals surface area contributed by atoms with E-state index in [1.165, 1.54) is 0 Å². The van der Waals surface area contributed by atoms with Crippen molar-refractivity contribution in [1.29, 1.82) is 0 Å². The van der Waals surface area contributed by atoms with E-state index in [9.17, 15) is 4.79 Å². The molecule has 0 amide bonds. The molecule has 0 unspecified atom stereocenters. The lowest BCUT2D eigenvalue weighted by Gasteiger charge is -2.10. The summed E-state index contributed by atoms with van der Waals surface area (Å²) in [5, 5.41) is 9.64. The van der Waals surface area contributed by atoms with E-state index in [1.54, 1.807) is 6.08 Å². The number of carbonyl (C=O) groups is 1. The van der Waals surface area contributed by atoms with Gasteiger partial charge in [0.1, 0.15) is 0 Å². The Balaban J connectivity index is 2.85. The molecular formula is C9H9BrO2S. The fraction of sp³-hybridized carbons (Fsp3) is 0.333. The fourth-order valence-electron chi connectivity index (χ4n) is 1.12. The van der Waals surface area contributed by atoms with Gasteiger partial charge in [-0.05, 0) is 18.1 Å². The van der Waals surface area contributed by atoms with Crippen LogP contribution in [0, 0.1) is 0 Å². The summed E-state index contributed by atoms with van der Waals surface area (Å²) in [5.74, 6) is -0.926. The van der Waals surface area contributed by atoms with Gasteiger partial charge in [-0.2, -0.15) is 0 Å². The second kappa shape index (κ2) is 4.67. The normalized spacial score (nSPS) is 16.5. The zero-order valence-electron chi connectivity index (χ0n) is 6.92. The van der Waals surface area contributed by atoms with E-state index in [4.69, 9.17) is 17.3 Å². The van der Waals surface area contributed by atoms with Crippen molar-refractivity contribution in [3.63, 3.8) is 0 Å². The van der Waals surface area contributed by atoms with Crippen molar-refractivity contribution >= 4 is 39.0 Å². The molecule has 2 nitrogen and oxygen atoms in total. The number of allylic oxidation sites excluding steroid dienone is 3. The summed E-state index contributed by atoms with van der Waals surface area (Å²) in [6.45, 7) is 0. The van der Waals surface area contributed by atoms with E-state index < -0.39 is 5.97 Å². The summed E-state index contributed by atoms with van der Waals surface area (Å²) in [6, 6.07) is 0. The molecule has 0 aromatic heterocycles. The third-order valence-corrected chi connectivity index (χ3v) is 2.58. The van der Waals surface area contributed by atoms with Crippen LogP contribution in [0.2, 0.25) is 0 Å². The third-order valence-electron chi connectivity index (χ3n) is 1.79. The molecule has 70 valence electrons. The Bertz CT molecular complexity index is 305. The van der Waals surface area contributed by atoms with Crippen LogP contribution in [-0.4, -0.2) is 21.3 Å². The van der Waals surface area contributed by atoms with Crippen LogP contribution < -0.4 is 0 Å². The van der Waals surface area contributed by atoms with Gasteiger partial charge in [-0.1, -0.05) is 34.2 Å². The van der Waals surface area contributed by atoms with E-state index in [1.807, 2.05) is 6.08 Å². The zero-order valence-corrected chi connectivity index (χ0v) is 9.32. The monoisotopic (exact) mass is 260 g/mol. The molecule has 13 heavy (non-hydrogen) atoms. The van der Waals surface area contributed by atoms with Crippen LogP contribution >= 0.6 is 28.1 Å². The Morgan fingerprint density at radius 3 is 2.92 bits per heavy atom. The Hall–Kier alpha value is -0.480. The van der Waals surface area contributed by atoms with Gasteiger partial charge in [0, 0.05) is 16.6 Å². The average molecular weight is 261 g/mol. The molecule has 0 bridgehead atoms. The zero-order chi connectivity index (χ0) is 9.84. The van der Waals surface area contributed by atoms with Gasteiger partial charge in [0.2, 0.25) is 0 Å². The van der Waals surface area contributed by atoms with Crippen molar-refractivity contribution in [2.75, 3.05) is 5.33 Å². The molecule has 0 aromatic rings. The lowest BCUT2D eigenvalue weighted by atomic mass is 9.98. The maximum Gasteiger partial charge on any atom is 0.336 e. The molecule has 0 aliphatic heterocycles. The molecular weight excluding hydrogens is 252 g/mol. The Labute approximate surface area is 90.5 Å². The molecule has 0 heterocycles. The highest BCUT2D eigenvalue weighted by Gasteiger charge is 2.16. The van der Waals surface area contributed by atoms with E-state index >= 15 is 0 Å². The molecule has 1 aliphatic carbocycles. The Morgan fingerprint density at radius 1 is 1.69 bits per heavy atom. The predicted octanol–water partition coefficient (Wildman–Crippen LogP) is 2.48. The van der Waals surface area contributed by atoms with Crippen LogP contribution in [0.3, 0.4) is 0 Å². The summed E-state index contributed by atoms with van der Waals surface area (Å²) < 4.78 is 0. The van der Waals surface area contributed by atoms with Gasteiger partial charge in [0.15, 0.2) is 0 Å². The lowest BCUT2D eigenvalue weighted by molar-refractivity contribution is -0.132. The lowest BCUT2D eigenvalue weighted by Crippen LogP contribution is -2.13. The van der Waals surface area contributed by atoms with Crippen molar-refractivity contribution in [1.82, 2.24) is 0 Å². The molecule has 1 rings (SSSR count). The van der Waals surface area contributed by atoms with Gasteiger partial charge in [-0.3, -0.25) is 0 Å². The van der Waals surface area contributed by atoms with Crippen LogP contribution in [-0.2, 0) is 4.79 Å². The van der Waals surface area contributed by atoms with Gasteiger partial charge in [-0.15, -0.1) is 0 Å². The largest absolute Gasteiger partial charge is 0.478 e. The summed E-state index contributed by atoms with van der Waals surface area (Å²) in [4.78, 5) is 11.2. The van der Waals surface area contributed by atoms with Crippen LogP contribution in [0.1, 0.15) is 12.8 Å². The molecule has 0 aromatic carbocycles. The van der Waals surface area contributed by atoms with Gasteiger partial charge in [0.05, 0.1) is 5.57 Å². The van der Waals surface area contributed by atoms with E-state index in [0.29, 0.717) is 11.3 Å². The summed E-state index contributed by atoms with van der Waals surface area (Å²) in [5.41, 5.74) is 1.32. The molecule has 1 aliphatic rings.